The van der Waals surface area contributed by atoms with Crippen LogP contribution in [-0.2, 0) is 6.61 Å². The third-order valence-electron chi connectivity index (χ3n) is 2.87. The number of benzene rings is 2. The molecule has 2 rings (SSSR count). The van der Waals surface area contributed by atoms with Crippen LogP contribution in [0.2, 0.25) is 5.02 Å². The summed E-state index contributed by atoms with van der Waals surface area (Å²) in [5, 5.41) is 9.32. The van der Waals surface area contributed by atoms with E-state index in [0.717, 1.165) is 11.1 Å². The molecule has 0 bridgehead atoms. The second kappa shape index (κ2) is 5.92. The zero-order valence-electron chi connectivity index (χ0n) is 10.7. The van der Waals surface area contributed by atoms with E-state index >= 15 is 0 Å². The molecule has 1 N–H and O–H groups in total. The molecule has 0 amide bonds. The Morgan fingerprint density at radius 1 is 1.35 bits per heavy atom. The number of carboxylic acid groups (broad SMARTS) is 1. The van der Waals surface area contributed by atoms with Crippen molar-refractivity contribution in [2.75, 3.05) is 0 Å². The summed E-state index contributed by atoms with van der Waals surface area (Å²) in [7, 11) is 0. The van der Waals surface area contributed by atoms with Gasteiger partial charge in [0.25, 0.3) is 0 Å². The number of aromatic carboxylic acids is 1. The number of hydrogen-bond donors (Lipinski definition) is 1. The van der Waals surface area contributed by atoms with Crippen LogP contribution < -0.4 is 4.74 Å². The minimum absolute atomic E-state index is 0.00253. The van der Waals surface area contributed by atoms with Gasteiger partial charge in [-0.25, -0.2) is 9.18 Å². The van der Waals surface area contributed by atoms with Gasteiger partial charge in [0.2, 0.25) is 0 Å². The van der Waals surface area contributed by atoms with Gasteiger partial charge in [0, 0.05) is 0 Å². The van der Waals surface area contributed by atoms with Gasteiger partial charge < -0.3 is 9.84 Å². The van der Waals surface area contributed by atoms with Gasteiger partial charge in [-0.05, 0) is 42.3 Å². The maximum Gasteiger partial charge on any atom is 0.339 e. The average molecular weight is 295 g/mol. The standard InChI is InChI=1S/C15H12ClFO3/c1-9-7-11(17)6-5-10(9)8-20-14-12(15(18)19)3-2-4-13(14)16/h2-7H,8H2,1H3,(H,18,19). The zero-order chi connectivity index (χ0) is 14.7. The second-order valence-electron chi connectivity index (χ2n) is 4.28. The summed E-state index contributed by atoms with van der Waals surface area (Å²) in [6.45, 7) is 1.88. The van der Waals surface area contributed by atoms with E-state index in [-0.39, 0.29) is 28.8 Å². The van der Waals surface area contributed by atoms with E-state index in [1.807, 2.05) is 0 Å². The highest BCUT2D eigenvalue weighted by atomic mass is 35.5. The van der Waals surface area contributed by atoms with E-state index in [0.29, 0.717) is 0 Å². The first-order valence-electron chi connectivity index (χ1n) is 5.88. The summed E-state index contributed by atoms with van der Waals surface area (Å²) in [6.07, 6.45) is 0. The molecule has 0 spiro atoms. The van der Waals surface area contributed by atoms with Crippen molar-refractivity contribution >= 4 is 17.6 Å². The van der Waals surface area contributed by atoms with E-state index in [2.05, 4.69) is 0 Å². The van der Waals surface area contributed by atoms with E-state index in [9.17, 15) is 9.18 Å². The summed E-state index contributed by atoms with van der Waals surface area (Å²) >= 11 is 5.96. The molecule has 0 fully saturated rings. The number of aryl methyl sites for hydroxylation is 1. The number of hydrogen-bond acceptors (Lipinski definition) is 2. The van der Waals surface area contributed by atoms with Gasteiger partial charge in [0.15, 0.2) is 5.75 Å². The number of rotatable bonds is 4. The third-order valence-corrected chi connectivity index (χ3v) is 3.17. The summed E-state index contributed by atoms with van der Waals surface area (Å²) in [4.78, 5) is 11.1. The van der Waals surface area contributed by atoms with Crippen LogP contribution in [0.3, 0.4) is 0 Å². The van der Waals surface area contributed by atoms with E-state index < -0.39 is 5.97 Å². The topological polar surface area (TPSA) is 46.5 Å². The van der Waals surface area contributed by atoms with Crippen LogP contribution in [0.5, 0.6) is 5.75 Å². The lowest BCUT2D eigenvalue weighted by atomic mass is 10.1. The Morgan fingerprint density at radius 3 is 2.75 bits per heavy atom. The van der Waals surface area contributed by atoms with Crippen LogP contribution >= 0.6 is 11.6 Å². The molecule has 0 aromatic heterocycles. The van der Waals surface area contributed by atoms with Crippen molar-refractivity contribution in [3.05, 3.63) is 63.9 Å². The van der Waals surface area contributed by atoms with Gasteiger partial charge in [0.1, 0.15) is 18.0 Å². The number of halogens is 2. The van der Waals surface area contributed by atoms with Gasteiger partial charge in [0.05, 0.1) is 5.02 Å². The molecule has 3 nitrogen and oxygen atoms in total. The lowest BCUT2D eigenvalue weighted by Gasteiger charge is -2.12. The molecule has 2 aromatic carbocycles. The van der Waals surface area contributed by atoms with Crippen molar-refractivity contribution in [2.24, 2.45) is 0 Å². The molecule has 20 heavy (non-hydrogen) atoms. The molecular weight excluding hydrogens is 283 g/mol. The van der Waals surface area contributed by atoms with Crippen molar-refractivity contribution in [3.8, 4) is 5.75 Å². The monoisotopic (exact) mass is 294 g/mol. The van der Waals surface area contributed by atoms with Crippen molar-refractivity contribution in [1.29, 1.82) is 0 Å². The Kier molecular flexibility index (Phi) is 4.25. The maximum atomic E-state index is 13.0. The van der Waals surface area contributed by atoms with Crippen LogP contribution in [0.25, 0.3) is 0 Å². The quantitative estimate of drug-likeness (QED) is 0.925. The Hall–Kier alpha value is -2.07. The van der Waals surface area contributed by atoms with Crippen LogP contribution in [0.1, 0.15) is 21.5 Å². The molecule has 0 aliphatic heterocycles. The third kappa shape index (κ3) is 3.08. The van der Waals surface area contributed by atoms with Crippen LogP contribution in [0, 0.1) is 12.7 Å². The lowest BCUT2D eigenvalue weighted by molar-refractivity contribution is 0.0692. The maximum absolute atomic E-state index is 13.0. The lowest BCUT2D eigenvalue weighted by Crippen LogP contribution is -2.05. The van der Waals surface area contributed by atoms with Crippen molar-refractivity contribution in [2.45, 2.75) is 13.5 Å². The molecule has 104 valence electrons. The Labute approximate surface area is 120 Å². The fourth-order valence-corrected chi connectivity index (χ4v) is 2.02. The fourth-order valence-electron chi connectivity index (χ4n) is 1.80. The molecule has 0 radical (unpaired) electrons. The molecule has 5 heteroatoms. The van der Waals surface area contributed by atoms with Gasteiger partial charge in [-0.2, -0.15) is 0 Å². The molecular formula is C15H12ClFO3. The van der Waals surface area contributed by atoms with E-state index in [1.54, 1.807) is 25.1 Å². The number of para-hydroxylation sites is 1. The zero-order valence-corrected chi connectivity index (χ0v) is 11.4. The van der Waals surface area contributed by atoms with E-state index in [4.69, 9.17) is 21.4 Å². The molecule has 2 aromatic rings. The average Bonchev–Trinajstić information content (AvgIpc) is 2.38. The SMILES string of the molecule is Cc1cc(F)ccc1COc1c(Cl)cccc1C(=O)O. The van der Waals surface area contributed by atoms with Gasteiger partial charge >= 0.3 is 5.97 Å². The number of carbonyl (C=O) groups is 1. The highest BCUT2D eigenvalue weighted by Crippen LogP contribution is 2.29. The number of ether oxygens (including phenoxy) is 1. The van der Waals surface area contributed by atoms with Gasteiger partial charge in [-0.1, -0.05) is 23.7 Å². The molecule has 0 aliphatic rings. The molecule has 0 heterocycles. The summed E-state index contributed by atoms with van der Waals surface area (Å²) < 4.78 is 18.5. The van der Waals surface area contributed by atoms with Crippen molar-refractivity contribution in [3.63, 3.8) is 0 Å². The minimum Gasteiger partial charge on any atom is -0.486 e. The molecule has 0 unspecified atom stereocenters. The van der Waals surface area contributed by atoms with Crippen molar-refractivity contribution in [1.82, 2.24) is 0 Å². The van der Waals surface area contributed by atoms with E-state index in [1.165, 1.54) is 18.2 Å². The first-order valence-corrected chi connectivity index (χ1v) is 6.26. The first kappa shape index (κ1) is 14.3. The summed E-state index contributed by atoms with van der Waals surface area (Å²) in [5.41, 5.74) is 1.49. The van der Waals surface area contributed by atoms with Crippen LogP contribution in [0.4, 0.5) is 4.39 Å². The van der Waals surface area contributed by atoms with Gasteiger partial charge in [-0.3, -0.25) is 0 Å². The molecule has 0 saturated carbocycles. The van der Waals surface area contributed by atoms with Crippen LogP contribution in [-0.4, -0.2) is 11.1 Å². The predicted octanol–water partition coefficient (Wildman–Crippen LogP) is 4.06. The number of carboxylic acids is 1. The minimum atomic E-state index is -1.11. The van der Waals surface area contributed by atoms with Crippen molar-refractivity contribution < 1.29 is 19.0 Å². The molecule has 0 aliphatic carbocycles. The molecule has 0 saturated heterocycles. The summed E-state index contributed by atoms with van der Waals surface area (Å²) in [5.74, 6) is -1.32. The summed E-state index contributed by atoms with van der Waals surface area (Å²) in [6, 6.07) is 8.84. The van der Waals surface area contributed by atoms with Crippen LogP contribution in [0.15, 0.2) is 36.4 Å². The molecule has 0 atom stereocenters. The normalized spacial score (nSPS) is 10.3. The smallest absolute Gasteiger partial charge is 0.339 e. The first-order chi connectivity index (χ1) is 9.49. The Morgan fingerprint density at radius 2 is 2.10 bits per heavy atom. The highest BCUT2D eigenvalue weighted by molar-refractivity contribution is 6.32. The largest absolute Gasteiger partial charge is 0.486 e. The Bertz CT molecular complexity index is 656. The van der Waals surface area contributed by atoms with Gasteiger partial charge in [-0.15, -0.1) is 0 Å². The Balaban J connectivity index is 2.25. The highest BCUT2D eigenvalue weighted by Gasteiger charge is 2.15. The predicted molar refractivity (Wildman–Crippen MR) is 73.9 cm³/mol. The fraction of sp³-hybridized carbons (Fsp3) is 0.133. The second-order valence-corrected chi connectivity index (χ2v) is 4.69.